The van der Waals surface area contributed by atoms with E-state index in [9.17, 15) is 13.2 Å². The molecular weight excluding hydrogens is 368 g/mol. The van der Waals surface area contributed by atoms with E-state index in [4.69, 9.17) is 0 Å². The molecule has 3 rings (SSSR count). The minimum absolute atomic E-state index is 0.115. The Morgan fingerprint density at radius 2 is 1.77 bits per heavy atom. The number of anilines is 2. The van der Waals surface area contributed by atoms with E-state index in [1.807, 2.05) is 24.4 Å². The number of aryl methyl sites for hydroxylation is 1. The van der Waals surface area contributed by atoms with Gasteiger partial charge < -0.3 is 5.32 Å². The van der Waals surface area contributed by atoms with Crippen LogP contribution in [-0.4, -0.2) is 21.4 Å². The zero-order valence-corrected chi connectivity index (χ0v) is 16.0. The first-order valence-electron chi connectivity index (χ1n) is 7.89. The highest BCUT2D eigenvalue weighted by Crippen LogP contribution is 2.24. The minimum Gasteiger partial charge on any atom is -0.321 e. The molecule has 0 aliphatic heterocycles. The van der Waals surface area contributed by atoms with E-state index < -0.39 is 10.0 Å². The van der Waals surface area contributed by atoms with Gasteiger partial charge in [-0.1, -0.05) is 24.3 Å². The van der Waals surface area contributed by atoms with Crippen molar-refractivity contribution in [2.75, 3.05) is 16.7 Å². The number of rotatable bonds is 5. The summed E-state index contributed by atoms with van der Waals surface area (Å²) in [6, 6.07) is 17.0. The smallest absolute Gasteiger partial charge is 0.265 e. The number of nitrogens with zero attached hydrogens (tertiary/aromatic N) is 1. The molecule has 134 valence electrons. The van der Waals surface area contributed by atoms with Crippen LogP contribution in [0.4, 0.5) is 11.4 Å². The SMILES string of the molecule is Cc1ccsc1C(=O)Nc1cccc(S(=O)(=O)N(C)c2ccccc2)c1. The van der Waals surface area contributed by atoms with Crippen LogP contribution in [-0.2, 0) is 10.0 Å². The fraction of sp³-hybridized carbons (Fsp3) is 0.105. The first-order chi connectivity index (χ1) is 12.4. The first-order valence-corrected chi connectivity index (χ1v) is 10.2. The molecule has 0 atom stereocenters. The van der Waals surface area contributed by atoms with Crippen molar-refractivity contribution >= 4 is 38.6 Å². The fourth-order valence-electron chi connectivity index (χ4n) is 2.46. The van der Waals surface area contributed by atoms with Crippen LogP contribution < -0.4 is 9.62 Å². The summed E-state index contributed by atoms with van der Waals surface area (Å²) in [7, 11) is -2.22. The van der Waals surface area contributed by atoms with E-state index in [0.29, 0.717) is 16.3 Å². The summed E-state index contributed by atoms with van der Waals surface area (Å²) in [5.41, 5.74) is 1.89. The van der Waals surface area contributed by atoms with Crippen molar-refractivity contribution in [3.63, 3.8) is 0 Å². The molecule has 1 N–H and O–H groups in total. The zero-order valence-electron chi connectivity index (χ0n) is 14.3. The van der Waals surface area contributed by atoms with E-state index in [-0.39, 0.29) is 10.8 Å². The van der Waals surface area contributed by atoms with Gasteiger partial charge in [0.25, 0.3) is 15.9 Å². The lowest BCUT2D eigenvalue weighted by Crippen LogP contribution is -2.26. The standard InChI is InChI=1S/C19H18N2O3S2/c1-14-11-12-25-18(14)19(22)20-15-7-6-10-17(13-15)26(23,24)21(2)16-8-4-3-5-9-16/h3-13H,1-2H3,(H,20,22). The molecule has 0 unspecified atom stereocenters. The third-order valence-electron chi connectivity index (χ3n) is 3.94. The van der Waals surface area contributed by atoms with Gasteiger partial charge in [0, 0.05) is 12.7 Å². The third kappa shape index (κ3) is 3.63. The Hall–Kier alpha value is -2.64. The Kier molecular flexibility index (Phi) is 5.11. The van der Waals surface area contributed by atoms with Gasteiger partial charge in [-0.25, -0.2) is 8.42 Å². The number of nitrogens with one attached hydrogen (secondary N) is 1. The van der Waals surface area contributed by atoms with E-state index in [1.54, 1.807) is 36.4 Å². The first kappa shape index (κ1) is 18.2. The van der Waals surface area contributed by atoms with Gasteiger partial charge in [-0.15, -0.1) is 11.3 Å². The Balaban J connectivity index is 1.87. The molecule has 1 aromatic heterocycles. The quantitative estimate of drug-likeness (QED) is 0.717. The summed E-state index contributed by atoms with van der Waals surface area (Å²) in [6.07, 6.45) is 0. The molecule has 0 saturated heterocycles. The zero-order chi connectivity index (χ0) is 18.7. The van der Waals surface area contributed by atoms with Gasteiger partial charge in [0.2, 0.25) is 0 Å². The molecule has 26 heavy (non-hydrogen) atoms. The summed E-state index contributed by atoms with van der Waals surface area (Å²) in [4.78, 5) is 13.1. The molecule has 2 aromatic carbocycles. The highest BCUT2D eigenvalue weighted by atomic mass is 32.2. The predicted octanol–water partition coefficient (Wildman–Crippen LogP) is 4.13. The molecule has 1 amide bonds. The Labute approximate surface area is 157 Å². The Morgan fingerprint density at radius 3 is 2.42 bits per heavy atom. The number of para-hydroxylation sites is 1. The van der Waals surface area contributed by atoms with Crippen LogP contribution in [0.1, 0.15) is 15.2 Å². The van der Waals surface area contributed by atoms with Gasteiger partial charge in [0.05, 0.1) is 15.5 Å². The number of hydrogen-bond acceptors (Lipinski definition) is 4. The van der Waals surface area contributed by atoms with Gasteiger partial charge >= 0.3 is 0 Å². The van der Waals surface area contributed by atoms with Gasteiger partial charge in [-0.3, -0.25) is 9.10 Å². The monoisotopic (exact) mass is 386 g/mol. The van der Waals surface area contributed by atoms with Crippen LogP contribution in [0.5, 0.6) is 0 Å². The van der Waals surface area contributed by atoms with Crippen molar-refractivity contribution in [1.29, 1.82) is 0 Å². The second-order valence-corrected chi connectivity index (χ2v) is 8.61. The summed E-state index contributed by atoms with van der Waals surface area (Å²) in [6.45, 7) is 1.86. The van der Waals surface area contributed by atoms with E-state index in [2.05, 4.69) is 5.32 Å². The van der Waals surface area contributed by atoms with Crippen molar-refractivity contribution in [3.05, 3.63) is 76.5 Å². The van der Waals surface area contributed by atoms with Crippen molar-refractivity contribution in [2.24, 2.45) is 0 Å². The Morgan fingerprint density at radius 1 is 1.04 bits per heavy atom. The lowest BCUT2D eigenvalue weighted by molar-refractivity contribution is 0.103. The maximum absolute atomic E-state index is 12.9. The highest BCUT2D eigenvalue weighted by Gasteiger charge is 2.22. The average molecular weight is 386 g/mol. The maximum Gasteiger partial charge on any atom is 0.265 e. The highest BCUT2D eigenvalue weighted by molar-refractivity contribution is 7.92. The van der Waals surface area contributed by atoms with Crippen molar-refractivity contribution in [3.8, 4) is 0 Å². The molecule has 0 saturated carbocycles. The van der Waals surface area contributed by atoms with E-state index >= 15 is 0 Å². The molecule has 1 heterocycles. The van der Waals surface area contributed by atoms with Crippen molar-refractivity contribution in [2.45, 2.75) is 11.8 Å². The van der Waals surface area contributed by atoms with Gasteiger partial charge in [0.15, 0.2) is 0 Å². The summed E-state index contributed by atoms with van der Waals surface area (Å²) >= 11 is 1.35. The molecule has 0 aliphatic carbocycles. The van der Waals surface area contributed by atoms with E-state index in [0.717, 1.165) is 5.56 Å². The average Bonchev–Trinajstić information content (AvgIpc) is 3.08. The number of hydrogen-bond donors (Lipinski definition) is 1. The second kappa shape index (κ2) is 7.31. The molecule has 0 radical (unpaired) electrons. The molecule has 0 spiro atoms. The number of amides is 1. The molecular formula is C19H18N2O3S2. The molecule has 0 bridgehead atoms. The number of carbonyl (C=O) groups excluding carboxylic acids is 1. The number of benzene rings is 2. The van der Waals surface area contributed by atoms with Crippen LogP contribution >= 0.6 is 11.3 Å². The summed E-state index contributed by atoms with van der Waals surface area (Å²) in [5, 5.41) is 4.61. The lowest BCUT2D eigenvalue weighted by Gasteiger charge is -2.19. The van der Waals surface area contributed by atoms with Crippen LogP contribution in [0.2, 0.25) is 0 Å². The molecule has 0 aliphatic rings. The molecule has 7 heteroatoms. The van der Waals surface area contributed by atoms with Crippen LogP contribution in [0.15, 0.2) is 70.9 Å². The summed E-state index contributed by atoms with van der Waals surface area (Å²) < 4.78 is 27.0. The van der Waals surface area contributed by atoms with Gasteiger partial charge in [-0.05, 0) is 54.3 Å². The van der Waals surface area contributed by atoms with Gasteiger partial charge in [0.1, 0.15) is 0 Å². The fourth-order valence-corrected chi connectivity index (χ4v) is 4.52. The normalized spacial score (nSPS) is 11.2. The number of thiophene rings is 1. The molecule has 3 aromatic rings. The van der Waals surface area contributed by atoms with Crippen molar-refractivity contribution in [1.82, 2.24) is 0 Å². The van der Waals surface area contributed by atoms with Crippen LogP contribution in [0, 0.1) is 6.92 Å². The molecule has 5 nitrogen and oxygen atoms in total. The number of sulfonamides is 1. The third-order valence-corrected chi connectivity index (χ3v) is 6.74. The second-order valence-electron chi connectivity index (χ2n) is 5.72. The maximum atomic E-state index is 12.9. The number of carbonyl (C=O) groups is 1. The van der Waals surface area contributed by atoms with Crippen LogP contribution in [0.3, 0.4) is 0 Å². The van der Waals surface area contributed by atoms with Crippen molar-refractivity contribution < 1.29 is 13.2 Å². The summed E-state index contributed by atoms with van der Waals surface area (Å²) in [5.74, 6) is -0.247. The Bertz CT molecular complexity index is 1030. The van der Waals surface area contributed by atoms with Crippen LogP contribution in [0.25, 0.3) is 0 Å². The van der Waals surface area contributed by atoms with Gasteiger partial charge in [-0.2, -0.15) is 0 Å². The predicted molar refractivity (Wildman–Crippen MR) is 105 cm³/mol. The largest absolute Gasteiger partial charge is 0.321 e. The molecule has 0 fully saturated rings. The topological polar surface area (TPSA) is 66.5 Å². The lowest BCUT2D eigenvalue weighted by atomic mass is 10.2. The minimum atomic E-state index is -3.73. The van der Waals surface area contributed by atoms with E-state index in [1.165, 1.54) is 34.8 Å².